The highest BCUT2D eigenvalue weighted by atomic mass is 32.1. The van der Waals surface area contributed by atoms with Crippen LogP contribution >= 0.6 is 12.2 Å². The number of benzene rings is 3. The predicted molar refractivity (Wildman–Crippen MR) is 156 cm³/mol. The van der Waals surface area contributed by atoms with E-state index in [2.05, 4.69) is 81.2 Å². The van der Waals surface area contributed by atoms with E-state index in [9.17, 15) is 0 Å². The van der Waals surface area contributed by atoms with E-state index < -0.39 is 0 Å². The lowest BCUT2D eigenvalue weighted by atomic mass is 9.84. The third kappa shape index (κ3) is 6.77. The van der Waals surface area contributed by atoms with E-state index in [0.29, 0.717) is 18.3 Å². The fraction of sp³-hybridized carbons (Fsp3) is 0.290. The number of nitrogens with one attached hydrogen (secondary N) is 2. The number of hydrogen-bond donors (Lipinski definition) is 2. The van der Waals surface area contributed by atoms with Gasteiger partial charge in [-0.15, -0.1) is 0 Å². The van der Waals surface area contributed by atoms with Gasteiger partial charge >= 0.3 is 0 Å². The summed E-state index contributed by atoms with van der Waals surface area (Å²) in [6, 6.07) is 27.2. The average Bonchev–Trinajstić information content (AvgIpc) is 3.31. The predicted octanol–water partition coefficient (Wildman–Crippen LogP) is 6.77. The first-order valence-electron chi connectivity index (χ1n) is 13.2. The van der Waals surface area contributed by atoms with Crippen molar-refractivity contribution in [3.63, 3.8) is 0 Å². The van der Waals surface area contributed by atoms with E-state index in [4.69, 9.17) is 17.0 Å². The van der Waals surface area contributed by atoms with Gasteiger partial charge in [0.05, 0.1) is 12.8 Å². The molecule has 5 nitrogen and oxygen atoms in total. The van der Waals surface area contributed by atoms with Crippen molar-refractivity contribution in [3.05, 3.63) is 102 Å². The summed E-state index contributed by atoms with van der Waals surface area (Å²) in [5.74, 6) is 1.65. The largest absolute Gasteiger partial charge is 0.492 e. The topological polar surface area (TPSA) is 50.6 Å². The van der Waals surface area contributed by atoms with Gasteiger partial charge in [-0.05, 0) is 60.3 Å². The number of hydrogen-bond acceptors (Lipinski definition) is 3. The molecule has 0 saturated heterocycles. The zero-order valence-corrected chi connectivity index (χ0v) is 21.9. The molecule has 1 fully saturated rings. The quantitative estimate of drug-likeness (QED) is 0.148. The molecular formula is C31H34N4OS. The Balaban J connectivity index is 1.15. The lowest BCUT2D eigenvalue weighted by Crippen LogP contribution is -2.31. The summed E-state index contributed by atoms with van der Waals surface area (Å²) in [7, 11) is 0. The van der Waals surface area contributed by atoms with E-state index in [-0.39, 0.29) is 0 Å². The van der Waals surface area contributed by atoms with Gasteiger partial charge in [0.15, 0.2) is 5.11 Å². The first-order chi connectivity index (χ1) is 18.3. The van der Waals surface area contributed by atoms with Crippen molar-refractivity contribution in [2.75, 3.05) is 6.61 Å². The molecule has 6 heteroatoms. The summed E-state index contributed by atoms with van der Waals surface area (Å²) in [6.07, 6.45) is 10.7. The number of para-hydroxylation sites is 1. The van der Waals surface area contributed by atoms with Crippen LogP contribution in [-0.4, -0.2) is 22.5 Å². The Kier molecular flexibility index (Phi) is 8.49. The van der Waals surface area contributed by atoms with Gasteiger partial charge in [-0.25, -0.2) is 0 Å². The molecular weight excluding hydrogens is 476 g/mol. The van der Waals surface area contributed by atoms with Crippen LogP contribution in [-0.2, 0) is 13.1 Å². The van der Waals surface area contributed by atoms with Crippen molar-refractivity contribution in [2.24, 2.45) is 5.10 Å². The Morgan fingerprint density at radius 3 is 2.51 bits per heavy atom. The molecule has 0 radical (unpaired) electrons. The second-order valence-electron chi connectivity index (χ2n) is 9.59. The van der Waals surface area contributed by atoms with Crippen LogP contribution < -0.4 is 15.5 Å². The molecule has 1 saturated carbocycles. The van der Waals surface area contributed by atoms with Crippen LogP contribution in [0.3, 0.4) is 0 Å². The van der Waals surface area contributed by atoms with Crippen LogP contribution in [0, 0.1) is 0 Å². The van der Waals surface area contributed by atoms with E-state index in [1.165, 1.54) is 43.2 Å². The molecule has 0 atom stereocenters. The Morgan fingerprint density at radius 2 is 1.70 bits per heavy atom. The van der Waals surface area contributed by atoms with Crippen molar-refractivity contribution in [1.82, 2.24) is 15.3 Å². The fourth-order valence-electron chi connectivity index (χ4n) is 5.08. The smallest absolute Gasteiger partial charge is 0.187 e. The molecule has 1 heterocycles. The maximum atomic E-state index is 6.09. The number of hydrazone groups is 1. The lowest BCUT2D eigenvalue weighted by Gasteiger charge is -2.22. The number of nitrogens with zero attached hydrogens (tertiary/aromatic N) is 2. The molecule has 0 aliphatic heterocycles. The minimum absolute atomic E-state index is 0.492. The zero-order valence-electron chi connectivity index (χ0n) is 21.1. The van der Waals surface area contributed by atoms with Crippen LogP contribution in [0.5, 0.6) is 5.75 Å². The van der Waals surface area contributed by atoms with Crippen molar-refractivity contribution < 1.29 is 4.74 Å². The van der Waals surface area contributed by atoms with Gasteiger partial charge in [0, 0.05) is 29.2 Å². The third-order valence-corrected chi connectivity index (χ3v) is 7.28. The minimum atomic E-state index is 0.492. The van der Waals surface area contributed by atoms with E-state index in [1.54, 1.807) is 0 Å². The van der Waals surface area contributed by atoms with Crippen LogP contribution in [0.25, 0.3) is 10.9 Å². The number of rotatable bonds is 9. The molecule has 0 amide bonds. The maximum absolute atomic E-state index is 6.09. The van der Waals surface area contributed by atoms with Crippen molar-refractivity contribution in [3.8, 4) is 5.75 Å². The molecule has 37 heavy (non-hydrogen) atoms. The molecule has 1 aliphatic rings. The second kappa shape index (κ2) is 12.5. The number of ether oxygens (including phenoxy) is 1. The Morgan fingerprint density at radius 1 is 0.946 bits per heavy atom. The Labute approximate surface area is 224 Å². The maximum Gasteiger partial charge on any atom is 0.187 e. The molecule has 0 bridgehead atoms. The van der Waals surface area contributed by atoms with Gasteiger partial charge in [-0.1, -0.05) is 79.9 Å². The van der Waals surface area contributed by atoms with Crippen LogP contribution in [0.2, 0.25) is 0 Å². The summed E-state index contributed by atoms with van der Waals surface area (Å²) in [5.41, 5.74) is 7.74. The molecule has 0 spiro atoms. The molecule has 190 valence electrons. The Hall–Kier alpha value is -3.64. The number of fused-ring (bicyclic) bond motifs is 1. The molecule has 1 aliphatic carbocycles. The van der Waals surface area contributed by atoms with Gasteiger partial charge in [0.25, 0.3) is 0 Å². The summed E-state index contributed by atoms with van der Waals surface area (Å²) in [6.45, 7) is 2.01. The third-order valence-electron chi connectivity index (χ3n) is 7.04. The first-order valence-corrected chi connectivity index (χ1v) is 13.6. The zero-order chi connectivity index (χ0) is 25.3. The van der Waals surface area contributed by atoms with Gasteiger partial charge in [0.1, 0.15) is 12.4 Å². The standard InChI is InChI=1S/C31H34N4OS/c37-31(32-21-24-9-3-1-4-10-24)34-33-22-27-23-35(30-14-8-7-13-29(27)30)19-20-36-28-17-15-26(16-18-28)25-11-5-2-6-12-25/h1,3-4,7-10,13-18,22-23,25H,2,5-6,11-12,19-21H2,(H2,32,34,37)/b33-22+. The highest BCUT2D eigenvalue weighted by Gasteiger charge is 2.15. The molecule has 3 aromatic carbocycles. The summed E-state index contributed by atoms with van der Waals surface area (Å²) in [5, 5.41) is 9.19. The molecule has 4 aromatic rings. The van der Waals surface area contributed by atoms with Crippen molar-refractivity contribution in [2.45, 2.75) is 51.1 Å². The highest BCUT2D eigenvalue weighted by molar-refractivity contribution is 7.80. The van der Waals surface area contributed by atoms with Gasteiger partial charge in [-0.3, -0.25) is 5.43 Å². The van der Waals surface area contributed by atoms with Gasteiger partial charge in [-0.2, -0.15) is 5.10 Å². The molecule has 5 rings (SSSR count). The summed E-state index contributed by atoms with van der Waals surface area (Å²) in [4.78, 5) is 0. The number of aromatic nitrogens is 1. The van der Waals surface area contributed by atoms with Gasteiger partial charge in [0.2, 0.25) is 0 Å². The van der Waals surface area contributed by atoms with Crippen molar-refractivity contribution >= 4 is 34.4 Å². The fourth-order valence-corrected chi connectivity index (χ4v) is 5.20. The SMILES string of the molecule is S=C(NCc1ccccc1)N/N=C/c1cn(CCOc2ccc(C3CCCCC3)cc2)c2ccccc12. The molecule has 2 N–H and O–H groups in total. The second-order valence-corrected chi connectivity index (χ2v) is 9.99. The van der Waals surface area contributed by atoms with Gasteiger partial charge < -0.3 is 14.6 Å². The molecule has 1 aromatic heterocycles. The highest BCUT2D eigenvalue weighted by Crippen LogP contribution is 2.33. The number of thiocarbonyl (C=S) groups is 1. The van der Waals surface area contributed by atoms with E-state index >= 15 is 0 Å². The first kappa shape index (κ1) is 25.0. The van der Waals surface area contributed by atoms with Crippen LogP contribution in [0.1, 0.15) is 54.7 Å². The minimum Gasteiger partial charge on any atom is -0.492 e. The normalized spacial score (nSPS) is 14.2. The van der Waals surface area contributed by atoms with Crippen LogP contribution in [0.15, 0.2) is 90.2 Å². The van der Waals surface area contributed by atoms with E-state index in [1.807, 2.05) is 30.5 Å². The average molecular weight is 511 g/mol. The monoisotopic (exact) mass is 510 g/mol. The summed E-state index contributed by atoms with van der Waals surface area (Å²) >= 11 is 5.36. The summed E-state index contributed by atoms with van der Waals surface area (Å²) < 4.78 is 8.32. The Bertz CT molecular complexity index is 1320. The lowest BCUT2D eigenvalue weighted by molar-refractivity contribution is 0.300. The van der Waals surface area contributed by atoms with Crippen molar-refractivity contribution in [1.29, 1.82) is 0 Å². The van der Waals surface area contributed by atoms with Crippen LogP contribution in [0.4, 0.5) is 0 Å². The molecule has 0 unspecified atom stereocenters. The van der Waals surface area contributed by atoms with E-state index in [0.717, 1.165) is 34.7 Å².